The fraction of sp³-hybridized carbons (Fsp3) is 0.300. The van der Waals surface area contributed by atoms with Gasteiger partial charge in [0.15, 0.2) is 0 Å². The van der Waals surface area contributed by atoms with Gasteiger partial charge in [0.25, 0.3) is 0 Å². The summed E-state index contributed by atoms with van der Waals surface area (Å²) >= 11 is 3.32. The number of hydrogen-bond acceptors (Lipinski definition) is 3. The quantitative estimate of drug-likeness (QED) is 0.742. The Labute approximate surface area is 96.6 Å². The smallest absolute Gasteiger partial charge is 0.239 e. The van der Waals surface area contributed by atoms with Gasteiger partial charge >= 0.3 is 0 Å². The van der Waals surface area contributed by atoms with Gasteiger partial charge in [-0.2, -0.15) is 0 Å². The van der Waals surface area contributed by atoms with Crippen LogP contribution in [0, 0.1) is 0 Å². The molecule has 1 amide bonds. The minimum atomic E-state index is -0.847. The van der Waals surface area contributed by atoms with Crippen molar-refractivity contribution in [1.29, 1.82) is 0 Å². The zero-order valence-corrected chi connectivity index (χ0v) is 9.70. The van der Waals surface area contributed by atoms with Gasteiger partial charge < -0.3 is 16.2 Å². The topological polar surface area (TPSA) is 75.3 Å². The molecule has 5 heteroatoms. The molecule has 0 fully saturated rings. The van der Waals surface area contributed by atoms with Crippen LogP contribution in [0.5, 0.6) is 0 Å². The lowest BCUT2D eigenvalue weighted by atomic mass is 10.2. The summed E-state index contributed by atoms with van der Waals surface area (Å²) in [6.07, 6.45) is 0. The summed E-state index contributed by atoms with van der Waals surface area (Å²) in [6, 6.07) is 6.74. The molecule has 1 aromatic rings. The lowest BCUT2D eigenvalue weighted by Crippen LogP contribution is -2.42. The lowest BCUT2D eigenvalue weighted by Gasteiger charge is -2.09. The molecule has 1 aromatic carbocycles. The molecule has 82 valence electrons. The summed E-state index contributed by atoms with van der Waals surface area (Å²) in [4.78, 5) is 11.2. The average Bonchev–Trinajstić information content (AvgIpc) is 2.26. The number of aliphatic hydroxyl groups is 1. The van der Waals surface area contributed by atoms with Gasteiger partial charge in [0, 0.05) is 11.0 Å². The van der Waals surface area contributed by atoms with Crippen LogP contribution in [-0.2, 0) is 11.3 Å². The van der Waals surface area contributed by atoms with E-state index in [9.17, 15) is 4.79 Å². The second-order valence-corrected chi connectivity index (χ2v) is 4.05. The fourth-order valence-electron chi connectivity index (χ4n) is 1.01. The standard InChI is InChI=1S/C10H13BrN2O2/c11-8-3-1-7(2-4-8)5-13-10(15)9(12)6-14/h1-4,9,14H,5-6,12H2,(H,13,15). The normalized spacial score (nSPS) is 12.2. The summed E-state index contributed by atoms with van der Waals surface area (Å²) in [5, 5.41) is 11.3. The third kappa shape index (κ3) is 3.99. The van der Waals surface area contributed by atoms with Gasteiger partial charge in [-0.3, -0.25) is 4.79 Å². The highest BCUT2D eigenvalue weighted by atomic mass is 79.9. The predicted octanol–water partition coefficient (Wildman–Crippen LogP) is 0.385. The Bertz CT molecular complexity index is 327. The molecule has 0 radical (unpaired) electrons. The maximum Gasteiger partial charge on any atom is 0.239 e. The first-order valence-corrected chi connectivity index (χ1v) is 5.31. The molecule has 0 saturated carbocycles. The number of benzene rings is 1. The largest absolute Gasteiger partial charge is 0.394 e. The number of halogens is 1. The van der Waals surface area contributed by atoms with Crippen molar-refractivity contribution in [3.05, 3.63) is 34.3 Å². The van der Waals surface area contributed by atoms with E-state index in [2.05, 4.69) is 21.2 Å². The Morgan fingerprint density at radius 3 is 2.60 bits per heavy atom. The summed E-state index contributed by atoms with van der Waals surface area (Å²) in [6.45, 7) is 0.0754. The molecule has 0 aliphatic carbocycles. The van der Waals surface area contributed by atoms with E-state index < -0.39 is 6.04 Å². The van der Waals surface area contributed by atoms with Crippen LogP contribution in [-0.4, -0.2) is 23.7 Å². The van der Waals surface area contributed by atoms with Gasteiger partial charge in [-0.25, -0.2) is 0 Å². The molecule has 15 heavy (non-hydrogen) atoms. The number of carbonyl (C=O) groups excluding carboxylic acids is 1. The average molecular weight is 273 g/mol. The van der Waals surface area contributed by atoms with E-state index in [0.717, 1.165) is 10.0 Å². The molecule has 0 aromatic heterocycles. The Kier molecular flexibility index (Phi) is 4.74. The van der Waals surface area contributed by atoms with E-state index in [1.165, 1.54) is 0 Å². The van der Waals surface area contributed by atoms with E-state index >= 15 is 0 Å². The molecule has 0 aliphatic heterocycles. The number of amides is 1. The Morgan fingerprint density at radius 2 is 2.07 bits per heavy atom. The molecule has 4 nitrogen and oxygen atoms in total. The first kappa shape index (κ1) is 12.2. The Morgan fingerprint density at radius 1 is 1.47 bits per heavy atom. The van der Waals surface area contributed by atoms with E-state index in [1.807, 2.05) is 24.3 Å². The first-order valence-electron chi connectivity index (χ1n) is 4.52. The summed E-state index contributed by atoms with van der Waals surface area (Å²) in [5.74, 6) is -0.347. The van der Waals surface area contributed by atoms with Crippen molar-refractivity contribution in [2.75, 3.05) is 6.61 Å². The van der Waals surface area contributed by atoms with Gasteiger partial charge in [0.1, 0.15) is 6.04 Å². The number of aliphatic hydroxyl groups excluding tert-OH is 1. The van der Waals surface area contributed by atoms with Crippen molar-refractivity contribution >= 4 is 21.8 Å². The molecule has 0 spiro atoms. The molecular weight excluding hydrogens is 260 g/mol. The fourth-order valence-corrected chi connectivity index (χ4v) is 1.27. The van der Waals surface area contributed by atoms with Gasteiger partial charge in [-0.15, -0.1) is 0 Å². The molecule has 1 atom stereocenters. The Hall–Kier alpha value is -0.910. The predicted molar refractivity (Wildman–Crippen MR) is 61.0 cm³/mol. The highest BCUT2D eigenvalue weighted by Gasteiger charge is 2.10. The monoisotopic (exact) mass is 272 g/mol. The minimum absolute atomic E-state index is 0.341. The van der Waals surface area contributed by atoms with Crippen molar-refractivity contribution in [2.45, 2.75) is 12.6 Å². The van der Waals surface area contributed by atoms with E-state index in [-0.39, 0.29) is 12.5 Å². The van der Waals surface area contributed by atoms with E-state index in [0.29, 0.717) is 6.54 Å². The van der Waals surface area contributed by atoms with Crippen LogP contribution in [0.15, 0.2) is 28.7 Å². The summed E-state index contributed by atoms with van der Waals surface area (Å²) in [7, 11) is 0. The molecule has 0 heterocycles. The minimum Gasteiger partial charge on any atom is -0.394 e. The Balaban J connectivity index is 2.43. The number of carbonyl (C=O) groups is 1. The van der Waals surface area contributed by atoms with Crippen LogP contribution in [0.25, 0.3) is 0 Å². The molecule has 1 unspecified atom stereocenters. The summed E-state index contributed by atoms with van der Waals surface area (Å²) in [5.41, 5.74) is 6.32. The third-order valence-corrected chi connectivity index (χ3v) is 2.44. The van der Waals surface area contributed by atoms with Crippen LogP contribution in [0.3, 0.4) is 0 Å². The van der Waals surface area contributed by atoms with Gasteiger partial charge in [-0.1, -0.05) is 28.1 Å². The molecule has 0 bridgehead atoms. The molecular formula is C10H13BrN2O2. The van der Waals surface area contributed by atoms with Gasteiger partial charge in [-0.05, 0) is 17.7 Å². The SMILES string of the molecule is NC(CO)C(=O)NCc1ccc(Br)cc1. The maximum absolute atomic E-state index is 11.2. The van der Waals surface area contributed by atoms with Crippen molar-refractivity contribution in [3.8, 4) is 0 Å². The zero-order valence-electron chi connectivity index (χ0n) is 8.11. The maximum atomic E-state index is 11.2. The first-order chi connectivity index (χ1) is 7.13. The van der Waals surface area contributed by atoms with Crippen LogP contribution in [0.4, 0.5) is 0 Å². The number of rotatable bonds is 4. The highest BCUT2D eigenvalue weighted by molar-refractivity contribution is 9.10. The number of nitrogens with two attached hydrogens (primary N) is 1. The molecule has 0 saturated heterocycles. The molecule has 0 aliphatic rings. The van der Waals surface area contributed by atoms with Gasteiger partial charge in [0.2, 0.25) is 5.91 Å². The number of hydrogen-bond donors (Lipinski definition) is 3. The van der Waals surface area contributed by atoms with Crippen molar-refractivity contribution in [3.63, 3.8) is 0 Å². The van der Waals surface area contributed by atoms with Crippen molar-refractivity contribution < 1.29 is 9.90 Å². The lowest BCUT2D eigenvalue weighted by molar-refractivity contribution is -0.123. The summed E-state index contributed by atoms with van der Waals surface area (Å²) < 4.78 is 0.990. The van der Waals surface area contributed by atoms with Crippen LogP contribution in [0.2, 0.25) is 0 Å². The van der Waals surface area contributed by atoms with Crippen molar-refractivity contribution in [1.82, 2.24) is 5.32 Å². The second-order valence-electron chi connectivity index (χ2n) is 3.13. The van der Waals surface area contributed by atoms with Crippen LogP contribution >= 0.6 is 15.9 Å². The van der Waals surface area contributed by atoms with Crippen LogP contribution < -0.4 is 11.1 Å². The zero-order chi connectivity index (χ0) is 11.3. The van der Waals surface area contributed by atoms with Gasteiger partial charge in [0.05, 0.1) is 6.61 Å². The van der Waals surface area contributed by atoms with Crippen LogP contribution in [0.1, 0.15) is 5.56 Å². The van der Waals surface area contributed by atoms with E-state index in [4.69, 9.17) is 10.8 Å². The number of nitrogens with one attached hydrogen (secondary N) is 1. The van der Waals surface area contributed by atoms with E-state index in [1.54, 1.807) is 0 Å². The highest BCUT2D eigenvalue weighted by Crippen LogP contribution is 2.10. The molecule has 4 N–H and O–H groups in total. The second kappa shape index (κ2) is 5.85. The molecule has 1 rings (SSSR count). The van der Waals surface area contributed by atoms with Crippen molar-refractivity contribution in [2.24, 2.45) is 5.73 Å². The third-order valence-electron chi connectivity index (χ3n) is 1.91.